The number of hydrogen-bond acceptors (Lipinski definition) is 3. The summed E-state index contributed by atoms with van der Waals surface area (Å²) in [6.07, 6.45) is 2.95. The van der Waals surface area contributed by atoms with Gasteiger partial charge < -0.3 is 15.2 Å². The van der Waals surface area contributed by atoms with E-state index in [0.29, 0.717) is 5.56 Å². The molecule has 0 spiro atoms. The highest BCUT2D eigenvalue weighted by atomic mass is 19.1. The third-order valence-corrected chi connectivity index (χ3v) is 4.27. The van der Waals surface area contributed by atoms with Gasteiger partial charge >= 0.3 is 0 Å². The van der Waals surface area contributed by atoms with Crippen molar-refractivity contribution in [2.75, 3.05) is 13.7 Å². The Bertz CT molecular complexity index is 967. The highest BCUT2D eigenvalue weighted by Gasteiger charge is 2.13. The van der Waals surface area contributed by atoms with Crippen LogP contribution in [0.25, 0.3) is 16.8 Å². The Kier molecular flexibility index (Phi) is 5.84. The van der Waals surface area contributed by atoms with Crippen molar-refractivity contribution in [3.05, 3.63) is 83.7 Å². The van der Waals surface area contributed by atoms with Crippen LogP contribution in [0.2, 0.25) is 0 Å². The molecule has 5 heteroatoms. The predicted molar refractivity (Wildman–Crippen MR) is 104 cm³/mol. The summed E-state index contributed by atoms with van der Waals surface area (Å²) in [4.78, 5) is 12.2. The lowest BCUT2D eigenvalue weighted by molar-refractivity contribution is -0.117. The number of aliphatic hydroxyl groups excluding tert-OH is 1. The van der Waals surface area contributed by atoms with Gasteiger partial charge in [-0.15, -0.1) is 0 Å². The largest absolute Gasteiger partial charge is 0.497 e. The molecule has 27 heavy (non-hydrogen) atoms. The molecule has 0 fully saturated rings. The van der Waals surface area contributed by atoms with Gasteiger partial charge in [0.1, 0.15) is 11.6 Å². The zero-order valence-electron chi connectivity index (χ0n) is 14.9. The lowest BCUT2D eigenvalue weighted by Gasteiger charge is -2.16. The third kappa shape index (κ3) is 4.71. The van der Waals surface area contributed by atoms with Crippen molar-refractivity contribution in [3.8, 4) is 5.75 Å². The van der Waals surface area contributed by atoms with Gasteiger partial charge in [-0.2, -0.15) is 0 Å². The Morgan fingerprint density at radius 2 is 1.85 bits per heavy atom. The molecular formula is C22H20FNO3. The van der Waals surface area contributed by atoms with E-state index in [1.54, 1.807) is 25.3 Å². The molecule has 3 aromatic carbocycles. The van der Waals surface area contributed by atoms with Crippen LogP contribution in [0.1, 0.15) is 17.2 Å². The zero-order valence-corrected chi connectivity index (χ0v) is 14.9. The summed E-state index contributed by atoms with van der Waals surface area (Å²) < 4.78 is 18.2. The third-order valence-electron chi connectivity index (χ3n) is 4.27. The quantitative estimate of drug-likeness (QED) is 0.653. The summed E-state index contributed by atoms with van der Waals surface area (Å²) >= 11 is 0. The highest BCUT2D eigenvalue weighted by Crippen LogP contribution is 2.24. The van der Waals surface area contributed by atoms with Gasteiger partial charge in [-0.25, -0.2) is 4.39 Å². The smallest absolute Gasteiger partial charge is 0.244 e. The fourth-order valence-electron chi connectivity index (χ4n) is 2.79. The van der Waals surface area contributed by atoms with Crippen molar-refractivity contribution in [1.82, 2.24) is 5.32 Å². The van der Waals surface area contributed by atoms with Crippen molar-refractivity contribution in [1.29, 1.82) is 0 Å². The van der Waals surface area contributed by atoms with Gasteiger partial charge in [-0.1, -0.05) is 30.3 Å². The molecule has 138 valence electrons. The van der Waals surface area contributed by atoms with Crippen LogP contribution < -0.4 is 10.1 Å². The molecule has 1 amide bonds. The minimum absolute atomic E-state index is 0.231. The molecule has 0 radical (unpaired) electrons. The number of halogens is 1. The van der Waals surface area contributed by atoms with E-state index in [-0.39, 0.29) is 18.3 Å². The van der Waals surface area contributed by atoms with Crippen molar-refractivity contribution in [3.63, 3.8) is 0 Å². The summed E-state index contributed by atoms with van der Waals surface area (Å²) in [7, 11) is 1.61. The molecule has 1 atom stereocenters. The fraction of sp³-hybridized carbons (Fsp3) is 0.136. The highest BCUT2D eigenvalue weighted by molar-refractivity contribution is 5.92. The number of nitrogens with one attached hydrogen (secondary N) is 1. The number of fused-ring (bicyclic) bond motifs is 1. The second kappa shape index (κ2) is 8.47. The first kappa shape index (κ1) is 18.6. The summed E-state index contributed by atoms with van der Waals surface area (Å²) in [6.45, 7) is -0.231. The predicted octanol–water partition coefficient (Wildman–Crippen LogP) is 3.85. The Labute approximate surface area is 156 Å². The summed E-state index contributed by atoms with van der Waals surface area (Å²) in [5.74, 6) is 0.0699. The standard InChI is InChI=1S/C22H20FNO3/c1-27-20-10-7-16-5-6-17(12-18(16)13-20)21(14-25)24-22(26)11-4-15-2-8-19(23)9-3-15/h2-13,21,25H,14H2,1H3,(H,24,26)/t21-/m0/s1. The molecule has 3 aromatic rings. The number of carbonyl (C=O) groups excluding carboxylic acids is 1. The topological polar surface area (TPSA) is 58.6 Å². The van der Waals surface area contributed by atoms with E-state index in [4.69, 9.17) is 4.74 Å². The maximum Gasteiger partial charge on any atom is 0.244 e. The van der Waals surface area contributed by atoms with Crippen LogP contribution in [-0.4, -0.2) is 24.7 Å². The first-order chi connectivity index (χ1) is 13.1. The molecule has 0 aromatic heterocycles. The lowest BCUT2D eigenvalue weighted by Crippen LogP contribution is -2.29. The van der Waals surface area contributed by atoms with E-state index in [0.717, 1.165) is 22.1 Å². The van der Waals surface area contributed by atoms with Crippen LogP contribution in [0, 0.1) is 5.82 Å². The SMILES string of the molecule is COc1ccc2ccc([C@H](CO)NC(=O)C=Cc3ccc(F)cc3)cc2c1. The molecule has 0 saturated heterocycles. The van der Waals surface area contributed by atoms with Crippen LogP contribution in [0.3, 0.4) is 0 Å². The van der Waals surface area contributed by atoms with E-state index in [2.05, 4.69) is 5.32 Å². The molecule has 3 rings (SSSR count). The second-order valence-electron chi connectivity index (χ2n) is 6.10. The summed E-state index contributed by atoms with van der Waals surface area (Å²) in [5, 5.41) is 14.5. The molecule has 0 bridgehead atoms. The average molecular weight is 365 g/mol. The van der Waals surface area contributed by atoms with Crippen molar-refractivity contribution < 1.29 is 19.0 Å². The van der Waals surface area contributed by atoms with Crippen LogP contribution >= 0.6 is 0 Å². The van der Waals surface area contributed by atoms with Crippen molar-refractivity contribution in [2.24, 2.45) is 0 Å². The number of rotatable bonds is 6. The average Bonchev–Trinajstić information content (AvgIpc) is 2.70. The zero-order chi connectivity index (χ0) is 19.2. The van der Waals surface area contributed by atoms with Crippen LogP contribution in [-0.2, 0) is 4.79 Å². The van der Waals surface area contributed by atoms with Gasteiger partial charge in [0.25, 0.3) is 0 Å². The molecular weight excluding hydrogens is 345 g/mol. The number of aliphatic hydroxyl groups is 1. The van der Waals surface area contributed by atoms with E-state index >= 15 is 0 Å². The monoisotopic (exact) mass is 365 g/mol. The van der Waals surface area contributed by atoms with Gasteiger partial charge in [0, 0.05) is 6.08 Å². The number of ether oxygens (including phenoxy) is 1. The Balaban J connectivity index is 1.75. The van der Waals surface area contributed by atoms with Crippen LogP contribution in [0.15, 0.2) is 66.7 Å². The number of hydrogen-bond donors (Lipinski definition) is 2. The maximum atomic E-state index is 12.9. The van der Waals surface area contributed by atoms with Gasteiger partial charge in [0.05, 0.1) is 19.8 Å². The summed E-state index contributed by atoms with van der Waals surface area (Å²) in [6, 6.07) is 16.8. The van der Waals surface area contributed by atoms with Gasteiger partial charge in [-0.05, 0) is 58.3 Å². The van der Waals surface area contributed by atoms with Gasteiger partial charge in [-0.3, -0.25) is 4.79 Å². The van der Waals surface area contributed by atoms with Gasteiger partial charge in [0.15, 0.2) is 0 Å². The molecule has 0 aliphatic carbocycles. The Morgan fingerprint density at radius 3 is 2.56 bits per heavy atom. The molecule has 0 heterocycles. The maximum absolute atomic E-state index is 12.9. The van der Waals surface area contributed by atoms with E-state index in [1.165, 1.54) is 18.2 Å². The van der Waals surface area contributed by atoms with E-state index < -0.39 is 6.04 Å². The molecule has 0 aliphatic heterocycles. The number of carbonyl (C=O) groups is 1. The minimum atomic E-state index is -0.536. The van der Waals surface area contributed by atoms with Crippen LogP contribution in [0.5, 0.6) is 5.75 Å². The molecule has 0 aliphatic rings. The first-order valence-electron chi connectivity index (χ1n) is 8.52. The van der Waals surface area contributed by atoms with Crippen molar-refractivity contribution in [2.45, 2.75) is 6.04 Å². The van der Waals surface area contributed by atoms with Gasteiger partial charge in [0.2, 0.25) is 5.91 Å². The number of amides is 1. The minimum Gasteiger partial charge on any atom is -0.497 e. The van der Waals surface area contributed by atoms with E-state index in [1.807, 2.05) is 36.4 Å². The Morgan fingerprint density at radius 1 is 1.11 bits per heavy atom. The van der Waals surface area contributed by atoms with Crippen LogP contribution in [0.4, 0.5) is 4.39 Å². The molecule has 2 N–H and O–H groups in total. The molecule has 0 saturated carbocycles. The number of methoxy groups -OCH3 is 1. The van der Waals surface area contributed by atoms with Crippen molar-refractivity contribution >= 4 is 22.8 Å². The van der Waals surface area contributed by atoms with E-state index in [9.17, 15) is 14.3 Å². The normalized spacial score (nSPS) is 12.3. The molecule has 4 nitrogen and oxygen atoms in total. The number of benzene rings is 3. The lowest BCUT2D eigenvalue weighted by atomic mass is 10.0. The molecule has 0 unspecified atom stereocenters. The second-order valence-corrected chi connectivity index (χ2v) is 6.10. The Hall–Kier alpha value is -3.18. The fourth-order valence-corrected chi connectivity index (χ4v) is 2.79. The first-order valence-corrected chi connectivity index (χ1v) is 8.52. The summed E-state index contributed by atoms with van der Waals surface area (Å²) in [5.41, 5.74) is 1.51.